The van der Waals surface area contributed by atoms with Gasteiger partial charge in [-0.25, -0.2) is 4.79 Å². The number of β-lactam (4-membered cyclic amide) rings is 1. The number of aliphatic carboxylic acids is 1. The van der Waals surface area contributed by atoms with E-state index in [0.717, 1.165) is 4.88 Å². The number of nitrogens with zero attached hydrogens (tertiary/aromatic N) is 1. The van der Waals surface area contributed by atoms with Crippen molar-refractivity contribution < 1.29 is 24.2 Å². The molecule has 1 unspecified atom stereocenters. The fourth-order valence-electron chi connectivity index (χ4n) is 2.98. The molecule has 0 bridgehead atoms. The van der Waals surface area contributed by atoms with E-state index in [1.165, 1.54) is 34.1 Å². The van der Waals surface area contributed by atoms with Gasteiger partial charge in [-0.3, -0.25) is 14.5 Å². The Morgan fingerprint density at radius 1 is 1.58 bits per heavy atom. The average molecular weight is 394 g/mol. The van der Waals surface area contributed by atoms with Gasteiger partial charge in [0, 0.05) is 10.6 Å². The number of rotatable bonds is 7. The molecule has 0 radical (unpaired) electrons. The van der Waals surface area contributed by atoms with Crippen LogP contribution in [0.25, 0.3) is 0 Å². The molecule has 2 aliphatic rings. The Kier molecular flexibility index (Phi) is 5.22. The van der Waals surface area contributed by atoms with Crippen LogP contribution in [0.2, 0.25) is 0 Å². The maximum Gasteiger partial charge on any atom is 0.352 e. The number of carbonyl (C=O) groups excluding carboxylic acids is 2. The van der Waals surface area contributed by atoms with Crippen LogP contribution in [-0.4, -0.2) is 51.2 Å². The quantitative estimate of drug-likeness (QED) is 0.414. The molecule has 26 heavy (non-hydrogen) atoms. The fraction of sp³-hybridized carbons (Fsp3) is 0.353. The van der Waals surface area contributed by atoms with Gasteiger partial charge in [0.25, 0.3) is 11.6 Å². The summed E-state index contributed by atoms with van der Waals surface area (Å²) in [6.07, 6.45) is 1.61. The summed E-state index contributed by atoms with van der Waals surface area (Å²) in [5.74, 6) is -1.65. The number of carboxylic acid groups (broad SMARTS) is 1. The molecule has 0 spiro atoms. The molecule has 3 heterocycles. The third-order valence-electron chi connectivity index (χ3n) is 4.09. The number of amides is 2. The number of thioether (sulfide) groups is 1. The van der Waals surface area contributed by atoms with Crippen molar-refractivity contribution in [2.75, 3.05) is 12.4 Å². The predicted octanol–water partition coefficient (Wildman–Crippen LogP) is 1.58. The van der Waals surface area contributed by atoms with Crippen LogP contribution in [0, 0.1) is 0 Å². The zero-order valence-electron chi connectivity index (χ0n) is 14.1. The highest BCUT2D eigenvalue weighted by molar-refractivity contribution is 8.00. The first kappa shape index (κ1) is 18.7. The van der Waals surface area contributed by atoms with E-state index in [2.05, 4.69) is 11.9 Å². The van der Waals surface area contributed by atoms with Gasteiger partial charge in [-0.15, -0.1) is 29.7 Å². The lowest BCUT2D eigenvalue weighted by Gasteiger charge is -2.56. The van der Waals surface area contributed by atoms with Crippen molar-refractivity contribution in [1.82, 2.24) is 10.2 Å². The van der Waals surface area contributed by atoms with Crippen LogP contribution < -0.4 is 5.32 Å². The van der Waals surface area contributed by atoms with Gasteiger partial charge in [0.15, 0.2) is 0 Å². The van der Waals surface area contributed by atoms with Crippen molar-refractivity contribution in [3.8, 4) is 0 Å². The lowest BCUT2D eigenvalue weighted by Crippen LogP contribution is -2.81. The molecule has 2 N–H and O–H groups in total. The number of nitrogens with one attached hydrogen (secondary N) is 1. The highest BCUT2D eigenvalue weighted by atomic mass is 32.2. The van der Waals surface area contributed by atoms with E-state index in [4.69, 9.17) is 4.74 Å². The number of thiophene rings is 1. The second kappa shape index (κ2) is 7.26. The zero-order valence-corrected chi connectivity index (χ0v) is 15.7. The minimum atomic E-state index is -1.57. The van der Waals surface area contributed by atoms with Gasteiger partial charge in [-0.1, -0.05) is 12.1 Å². The summed E-state index contributed by atoms with van der Waals surface area (Å²) >= 11 is 2.81. The van der Waals surface area contributed by atoms with Crippen molar-refractivity contribution >= 4 is 40.9 Å². The number of carboxylic acids is 1. The van der Waals surface area contributed by atoms with Crippen LogP contribution in [0.5, 0.6) is 0 Å². The monoisotopic (exact) mass is 394 g/mol. The minimum absolute atomic E-state index is 0.0379. The summed E-state index contributed by atoms with van der Waals surface area (Å²) in [5.41, 5.74) is -1.01. The lowest BCUT2D eigenvalue weighted by atomic mass is 9.98. The second-order valence-corrected chi connectivity index (χ2v) is 8.01. The smallest absolute Gasteiger partial charge is 0.352 e. The Morgan fingerprint density at radius 3 is 2.96 bits per heavy atom. The number of carbonyl (C=O) groups is 3. The molecule has 2 amide bonds. The number of hydrogen-bond acceptors (Lipinski definition) is 6. The van der Waals surface area contributed by atoms with Crippen LogP contribution in [0.3, 0.4) is 0 Å². The molecule has 1 fully saturated rings. The first-order valence-corrected chi connectivity index (χ1v) is 9.80. The topological polar surface area (TPSA) is 95.9 Å². The molecule has 9 heteroatoms. The average Bonchev–Trinajstić information content (AvgIpc) is 3.10. The molecule has 2 aliphatic heterocycles. The Labute approximate surface area is 158 Å². The van der Waals surface area contributed by atoms with Crippen molar-refractivity contribution in [2.45, 2.75) is 24.4 Å². The van der Waals surface area contributed by atoms with E-state index in [-0.39, 0.29) is 24.6 Å². The molecule has 2 atom stereocenters. The molecule has 7 nitrogen and oxygen atoms in total. The highest BCUT2D eigenvalue weighted by Crippen LogP contribution is 2.46. The van der Waals surface area contributed by atoms with Crippen LogP contribution in [-0.2, 0) is 25.5 Å². The largest absolute Gasteiger partial charge is 0.477 e. The van der Waals surface area contributed by atoms with E-state index in [9.17, 15) is 19.5 Å². The van der Waals surface area contributed by atoms with Crippen molar-refractivity contribution in [3.05, 3.63) is 46.3 Å². The lowest BCUT2D eigenvalue weighted by molar-refractivity contribution is -0.196. The van der Waals surface area contributed by atoms with Crippen LogP contribution >= 0.6 is 23.1 Å². The predicted molar refractivity (Wildman–Crippen MR) is 98.5 cm³/mol. The molecule has 138 valence electrons. The van der Waals surface area contributed by atoms with Gasteiger partial charge in [0.1, 0.15) is 11.1 Å². The van der Waals surface area contributed by atoms with Gasteiger partial charge < -0.3 is 15.2 Å². The molecule has 0 aromatic carbocycles. The molecule has 0 saturated carbocycles. The third kappa shape index (κ3) is 3.06. The summed E-state index contributed by atoms with van der Waals surface area (Å²) < 4.78 is 5.68. The number of ether oxygens (including phenoxy) is 1. The standard InChI is InChI=1S/C17H18N2O5S2/c1-3-6-24-17(18-12(20)8-11-5-4-7-25-11)15(23)19-13(14(21)22)10(2)9-26-16(17)19/h3-5,7,16H,1,6,8-9H2,2H3,(H,18,20)(H,21,22)/t16-,17?/m1/s1. The van der Waals surface area contributed by atoms with Crippen molar-refractivity contribution in [3.63, 3.8) is 0 Å². The molecule has 1 aromatic rings. The Hall–Kier alpha value is -2.10. The van der Waals surface area contributed by atoms with E-state index in [1.54, 1.807) is 6.92 Å². The highest BCUT2D eigenvalue weighted by Gasteiger charge is 2.66. The van der Waals surface area contributed by atoms with Crippen LogP contribution in [0.4, 0.5) is 0 Å². The van der Waals surface area contributed by atoms with Gasteiger partial charge >= 0.3 is 5.97 Å². The molecule has 1 saturated heterocycles. The molecule has 3 rings (SSSR count). The van der Waals surface area contributed by atoms with Gasteiger partial charge in [-0.2, -0.15) is 0 Å². The molecular weight excluding hydrogens is 376 g/mol. The summed E-state index contributed by atoms with van der Waals surface area (Å²) in [5, 5.41) is 13.4. The normalized spacial score (nSPS) is 24.7. The maximum absolute atomic E-state index is 12.9. The van der Waals surface area contributed by atoms with E-state index in [0.29, 0.717) is 11.3 Å². The van der Waals surface area contributed by atoms with E-state index >= 15 is 0 Å². The zero-order chi connectivity index (χ0) is 18.9. The molecular formula is C17H18N2O5S2. The van der Waals surface area contributed by atoms with Gasteiger partial charge in [0.05, 0.1) is 13.0 Å². The summed E-state index contributed by atoms with van der Waals surface area (Å²) in [6.45, 7) is 5.31. The van der Waals surface area contributed by atoms with Crippen molar-refractivity contribution in [1.29, 1.82) is 0 Å². The first-order chi connectivity index (χ1) is 12.4. The third-order valence-corrected chi connectivity index (χ3v) is 6.43. The van der Waals surface area contributed by atoms with Crippen LogP contribution in [0.1, 0.15) is 11.8 Å². The van der Waals surface area contributed by atoms with E-state index < -0.39 is 23.0 Å². The van der Waals surface area contributed by atoms with E-state index in [1.807, 2.05) is 17.5 Å². The molecule has 0 aliphatic carbocycles. The number of fused-ring (bicyclic) bond motifs is 1. The Morgan fingerprint density at radius 2 is 2.35 bits per heavy atom. The summed E-state index contributed by atoms with van der Waals surface area (Å²) in [4.78, 5) is 38.9. The number of hydrogen-bond donors (Lipinski definition) is 2. The first-order valence-electron chi connectivity index (χ1n) is 7.87. The van der Waals surface area contributed by atoms with Gasteiger partial charge in [-0.05, 0) is 23.9 Å². The molecule has 1 aromatic heterocycles. The second-order valence-electron chi connectivity index (χ2n) is 5.91. The van der Waals surface area contributed by atoms with Crippen molar-refractivity contribution in [2.24, 2.45) is 0 Å². The fourth-order valence-corrected chi connectivity index (χ4v) is 5.04. The maximum atomic E-state index is 12.9. The minimum Gasteiger partial charge on any atom is -0.477 e. The summed E-state index contributed by atoms with van der Waals surface area (Å²) in [6, 6.07) is 3.68. The summed E-state index contributed by atoms with van der Waals surface area (Å²) in [7, 11) is 0. The SMILES string of the molecule is C=CCOC1(NC(=O)Cc2cccs2)C(=O)N2C(C(=O)O)=C(C)CS[C@@H]21. The Balaban J connectivity index is 1.85. The Bertz CT molecular complexity index is 789. The van der Waals surface area contributed by atoms with Gasteiger partial charge in [0.2, 0.25) is 5.91 Å². The van der Waals surface area contributed by atoms with Crippen LogP contribution in [0.15, 0.2) is 41.4 Å².